The van der Waals surface area contributed by atoms with Crippen molar-refractivity contribution in [1.82, 2.24) is 0 Å². The molecule has 0 spiro atoms. The van der Waals surface area contributed by atoms with Crippen molar-refractivity contribution in [2.45, 2.75) is 0 Å². The average molecular weight is 297 g/mol. The van der Waals surface area contributed by atoms with Crippen LogP contribution in [0.15, 0.2) is 51.7 Å². The third-order valence-corrected chi connectivity index (χ3v) is 3.39. The van der Waals surface area contributed by atoms with Crippen LogP contribution in [-0.4, -0.2) is 14.2 Å². The van der Waals surface area contributed by atoms with Crippen LogP contribution in [0.25, 0.3) is 22.3 Å². The van der Waals surface area contributed by atoms with E-state index in [4.69, 9.17) is 19.6 Å². The average Bonchev–Trinajstić information content (AvgIpc) is 2.54. The number of nitrogen functional groups attached to an aromatic ring is 1. The standard InChI is InChI=1S/C17H15NO4/c1-20-12-5-10(6-13(8-12)21-2)17-9-15(19)14-7-11(18)3-4-16(14)22-17/h3-9H,18H2,1-2H3. The summed E-state index contributed by atoms with van der Waals surface area (Å²) in [5.74, 6) is 1.68. The number of methoxy groups -OCH3 is 2. The van der Waals surface area contributed by atoms with Crippen LogP contribution in [0.1, 0.15) is 0 Å². The molecule has 1 heterocycles. The highest BCUT2D eigenvalue weighted by Gasteiger charge is 2.10. The zero-order valence-corrected chi connectivity index (χ0v) is 12.3. The number of hydrogen-bond donors (Lipinski definition) is 1. The summed E-state index contributed by atoms with van der Waals surface area (Å²) in [5.41, 5.74) is 7.27. The van der Waals surface area contributed by atoms with Gasteiger partial charge in [0.25, 0.3) is 0 Å². The molecule has 112 valence electrons. The summed E-state index contributed by atoms with van der Waals surface area (Å²) in [5, 5.41) is 0.457. The van der Waals surface area contributed by atoms with Crippen molar-refractivity contribution in [2.24, 2.45) is 0 Å². The Balaban J connectivity index is 2.22. The van der Waals surface area contributed by atoms with Crippen molar-refractivity contribution in [1.29, 1.82) is 0 Å². The summed E-state index contributed by atoms with van der Waals surface area (Å²) >= 11 is 0. The van der Waals surface area contributed by atoms with E-state index in [9.17, 15) is 4.79 Å². The van der Waals surface area contributed by atoms with Crippen LogP contribution >= 0.6 is 0 Å². The van der Waals surface area contributed by atoms with E-state index in [2.05, 4.69) is 0 Å². The fraction of sp³-hybridized carbons (Fsp3) is 0.118. The van der Waals surface area contributed by atoms with Crippen molar-refractivity contribution in [3.8, 4) is 22.8 Å². The number of ether oxygens (including phenoxy) is 2. The van der Waals surface area contributed by atoms with E-state index in [0.29, 0.717) is 39.5 Å². The fourth-order valence-electron chi connectivity index (χ4n) is 2.27. The molecule has 0 aliphatic carbocycles. The molecule has 0 saturated carbocycles. The van der Waals surface area contributed by atoms with Crippen molar-refractivity contribution in [3.63, 3.8) is 0 Å². The van der Waals surface area contributed by atoms with E-state index in [1.807, 2.05) is 0 Å². The molecule has 0 bridgehead atoms. The van der Waals surface area contributed by atoms with Gasteiger partial charge in [0.1, 0.15) is 22.8 Å². The topological polar surface area (TPSA) is 74.7 Å². The maximum Gasteiger partial charge on any atom is 0.193 e. The molecule has 0 aliphatic rings. The Hall–Kier alpha value is -2.95. The molecule has 2 aromatic carbocycles. The maximum atomic E-state index is 12.3. The summed E-state index contributed by atoms with van der Waals surface area (Å²) < 4.78 is 16.3. The molecular weight excluding hydrogens is 282 g/mol. The minimum atomic E-state index is -0.148. The van der Waals surface area contributed by atoms with Crippen LogP contribution in [-0.2, 0) is 0 Å². The van der Waals surface area contributed by atoms with Gasteiger partial charge < -0.3 is 19.6 Å². The molecule has 3 rings (SSSR count). The lowest BCUT2D eigenvalue weighted by Crippen LogP contribution is -2.01. The lowest BCUT2D eigenvalue weighted by atomic mass is 10.1. The zero-order chi connectivity index (χ0) is 15.7. The van der Waals surface area contributed by atoms with Crippen molar-refractivity contribution >= 4 is 16.7 Å². The molecule has 3 aromatic rings. The van der Waals surface area contributed by atoms with Gasteiger partial charge in [0.15, 0.2) is 5.43 Å². The van der Waals surface area contributed by atoms with E-state index in [1.165, 1.54) is 6.07 Å². The van der Waals surface area contributed by atoms with E-state index in [0.717, 1.165) is 0 Å². The number of fused-ring (bicyclic) bond motifs is 1. The Kier molecular flexibility index (Phi) is 3.47. The van der Waals surface area contributed by atoms with Gasteiger partial charge in [0.2, 0.25) is 0 Å². The highest BCUT2D eigenvalue weighted by molar-refractivity contribution is 5.82. The minimum Gasteiger partial charge on any atom is -0.497 e. The summed E-state index contributed by atoms with van der Waals surface area (Å²) in [7, 11) is 3.13. The van der Waals surface area contributed by atoms with E-state index < -0.39 is 0 Å². The van der Waals surface area contributed by atoms with Crippen molar-refractivity contribution in [3.05, 3.63) is 52.7 Å². The third kappa shape index (κ3) is 2.48. The second kappa shape index (κ2) is 5.44. The van der Waals surface area contributed by atoms with Gasteiger partial charge in [-0.05, 0) is 30.3 Å². The molecule has 0 amide bonds. The Labute approximate surface area is 126 Å². The van der Waals surface area contributed by atoms with Gasteiger partial charge in [0, 0.05) is 23.4 Å². The molecular formula is C17H15NO4. The molecule has 5 heteroatoms. The van der Waals surface area contributed by atoms with Crippen molar-refractivity contribution < 1.29 is 13.9 Å². The molecule has 0 unspecified atom stereocenters. The highest BCUT2D eigenvalue weighted by Crippen LogP contribution is 2.30. The SMILES string of the molecule is COc1cc(OC)cc(-c2cc(=O)c3cc(N)ccc3o2)c1. The van der Waals surface area contributed by atoms with Gasteiger partial charge in [-0.25, -0.2) is 0 Å². The molecule has 0 radical (unpaired) electrons. The van der Waals surface area contributed by atoms with Gasteiger partial charge in [-0.15, -0.1) is 0 Å². The Morgan fingerprint density at radius 1 is 0.955 bits per heavy atom. The van der Waals surface area contributed by atoms with Gasteiger partial charge in [-0.2, -0.15) is 0 Å². The maximum absolute atomic E-state index is 12.3. The fourth-order valence-corrected chi connectivity index (χ4v) is 2.27. The predicted octanol–water partition coefficient (Wildman–Crippen LogP) is 3.06. The van der Waals surface area contributed by atoms with Crippen LogP contribution in [0.5, 0.6) is 11.5 Å². The Morgan fingerprint density at radius 2 is 1.64 bits per heavy atom. The Morgan fingerprint density at radius 3 is 2.27 bits per heavy atom. The van der Waals surface area contributed by atoms with Crippen molar-refractivity contribution in [2.75, 3.05) is 20.0 Å². The van der Waals surface area contributed by atoms with Crippen LogP contribution in [0.4, 0.5) is 5.69 Å². The van der Waals surface area contributed by atoms with Gasteiger partial charge in [0.05, 0.1) is 19.6 Å². The third-order valence-electron chi connectivity index (χ3n) is 3.39. The molecule has 0 atom stereocenters. The first-order valence-corrected chi connectivity index (χ1v) is 6.67. The second-order valence-electron chi connectivity index (χ2n) is 4.83. The minimum absolute atomic E-state index is 0.148. The highest BCUT2D eigenvalue weighted by atomic mass is 16.5. The lowest BCUT2D eigenvalue weighted by Gasteiger charge is -2.08. The molecule has 0 fully saturated rings. The second-order valence-corrected chi connectivity index (χ2v) is 4.83. The molecule has 1 aromatic heterocycles. The van der Waals surface area contributed by atoms with E-state index >= 15 is 0 Å². The molecule has 5 nitrogen and oxygen atoms in total. The molecule has 22 heavy (non-hydrogen) atoms. The largest absolute Gasteiger partial charge is 0.497 e. The predicted molar refractivity (Wildman–Crippen MR) is 85.4 cm³/mol. The number of benzene rings is 2. The summed E-state index contributed by atoms with van der Waals surface area (Å²) in [4.78, 5) is 12.3. The summed E-state index contributed by atoms with van der Waals surface area (Å²) in [6.07, 6.45) is 0. The van der Waals surface area contributed by atoms with Crippen LogP contribution in [0.3, 0.4) is 0 Å². The van der Waals surface area contributed by atoms with E-state index in [1.54, 1.807) is 50.6 Å². The first-order valence-electron chi connectivity index (χ1n) is 6.67. The smallest absolute Gasteiger partial charge is 0.193 e. The van der Waals surface area contributed by atoms with Crippen LogP contribution in [0.2, 0.25) is 0 Å². The number of nitrogens with two attached hydrogens (primary N) is 1. The van der Waals surface area contributed by atoms with Gasteiger partial charge in [-0.3, -0.25) is 4.79 Å². The number of hydrogen-bond acceptors (Lipinski definition) is 5. The first kappa shape index (κ1) is 14.0. The monoisotopic (exact) mass is 297 g/mol. The quantitative estimate of drug-likeness (QED) is 0.752. The molecule has 0 saturated heterocycles. The molecule has 2 N–H and O–H groups in total. The first-order chi connectivity index (χ1) is 10.6. The number of rotatable bonds is 3. The zero-order valence-electron chi connectivity index (χ0n) is 12.3. The normalized spacial score (nSPS) is 10.6. The summed E-state index contributed by atoms with van der Waals surface area (Å²) in [6.45, 7) is 0. The van der Waals surface area contributed by atoms with Gasteiger partial charge >= 0.3 is 0 Å². The summed E-state index contributed by atoms with van der Waals surface area (Å²) in [6, 6.07) is 11.7. The number of anilines is 1. The van der Waals surface area contributed by atoms with Crippen LogP contribution in [0, 0.1) is 0 Å². The lowest BCUT2D eigenvalue weighted by molar-refractivity contribution is 0.394. The molecule has 0 aliphatic heterocycles. The van der Waals surface area contributed by atoms with Gasteiger partial charge in [-0.1, -0.05) is 0 Å². The Bertz CT molecular complexity index is 877. The van der Waals surface area contributed by atoms with Crippen LogP contribution < -0.4 is 20.6 Å². The van der Waals surface area contributed by atoms with E-state index in [-0.39, 0.29) is 5.43 Å².